The number of hydrogen-bond acceptors (Lipinski definition) is 4. The predicted molar refractivity (Wildman–Crippen MR) is 108 cm³/mol. The van der Waals surface area contributed by atoms with Crippen molar-refractivity contribution in [2.24, 2.45) is 0 Å². The number of halogens is 1. The molecule has 0 spiro atoms. The first kappa shape index (κ1) is 19.7. The lowest BCUT2D eigenvalue weighted by Gasteiger charge is -2.09. The fourth-order valence-corrected chi connectivity index (χ4v) is 2.81. The summed E-state index contributed by atoms with van der Waals surface area (Å²) in [5.41, 5.74) is 1.86. The van der Waals surface area contributed by atoms with Gasteiger partial charge in [0.1, 0.15) is 11.6 Å². The zero-order valence-electron chi connectivity index (χ0n) is 15.3. The molecular weight excluding hydrogens is 377 g/mol. The summed E-state index contributed by atoms with van der Waals surface area (Å²) in [5, 5.41) is 5.60. The number of urea groups is 1. The van der Waals surface area contributed by atoms with Gasteiger partial charge in [-0.1, -0.05) is 24.3 Å². The molecular formula is C21H20FN3O2S. The zero-order chi connectivity index (χ0) is 19.8. The van der Waals surface area contributed by atoms with Crippen LogP contribution >= 0.6 is 11.8 Å². The molecule has 7 heteroatoms. The number of thioether (sulfide) groups is 1. The molecule has 2 aromatic carbocycles. The summed E-state index contributed by atoms with van der Waals surface area (Å²) >= 11 is 1.68. The smallest absolute Gasteiger partial charge is 0.315 e. The molecule has 28 heavy (non-hydrogen) atoms. The second-order valence-corrected chi connectivity index (χ2v) is 6.83. The number of carbonyl (C=O) groups excluding carboxylic acids is 1. The number of benzene rings is 2. The molecule has 0 unspecified atom stereocenters. The van der Waals surface area contributed by atoms with Gasteiger partial charge in [-0.3, -0.25) is 0 Å². The monoisotopic (exact) mass is 397 g/mol. The van der Waals surface area contributed by atoms with Crippen LogP contribution in [-0.2, 0) is 13.1 Å². The minimum Gasteiger partial charge on any atom is -0.439 e. The molecule has 1 heterocycles. The van der Waals surface area contributed by atoms with Gasteiger partial charge in [-0.25, -0.2) is 14.2 Å². The summed E-state index contributed by atoms with van der Waals surface area (Å²) in [4.78, 5) is 17.3. The van der Waals surface area contributed by atoms with Crippen molar-refractivity contribution in [3.05, 3.63) is 83.8 Å². The Balaban J connectivity index is 1.44. The summed E-state index contributed by atoms with van der Waals surface area (Å²) in [6.07, 6.45) is 3.63. The van der Waals surface area contributed by atoms with Crippen molar-refractivity contribution in [3.63, 3.8) is 0 Å². The Bertz CT molecular complexity index is 918. The molecule has 2 amide bonds. The normalized spacial score (nSPS) is 10.4. The maximum atomic E-state index is 13.2. The third-order valence-electron chi connectivity index (χ3n) is 3.88. The Morgan fingerprint density at radius 2 is 1.75 bits per heavy atom. The largest absolute Gasteiger partial charge is 0.439 e. The Morgan fingerprint density at radius 1 is 1.04 bits per heavy atom. The highest BCUT2D eigenvalue weighted by Gasteiger charge is 2.04. The van der Waals surface area contributed by atoms with Gasteiger partial charge in [0.2, 0.25) is 5.88 Å². The molecule has 5 nitrogen and oxygen atoms in total. The van der Waals surface area contributed by atoms with E-state index >= 15 is 0 Å². The molecule has 0 atom stereocenters. The Morgan fingerprint density at radius 3 is 2.39 bits per heavy atom. The molecule has 2 N–H and O–H groups in total. The van der Waals surface area contributed by atoms with E-state index in [0.717, 1.165) is 11.1 Å². The second kappa shape index (κ2) is 9.75. The molecule has 0 bridgehead atoms. The number of carbonyl (C=O) groups is 1. The van der Waals surface area contributed by atoms with Gasteiger partial charge in [0, 0.05) is 36.3 Å². The minimum absolute atomic E-state index is 0.256. The standard InChI is InChI=1S/C21H20FN3O2S/c1-28-19-8-5-15(6-9-19)12-24-21(26)25-14-16-7-10-20(23-13-16)27-18-4-2-3-17(22)11-18/h2-11,13H,12,14H2,1H3,(H2,24,25,26). The summed E-state index contributed by atoms with van der Waals surface area (Å²) < 4.78 is 18.7. The maximum Gasteiger partial charge on any atom is 0.315 e. The molecule has 0 fully saturated rings. The lowest BCUT2D eigenvalue weighted by molar-refractivity contribution is 0.240. The average Bonchev–Trinajstić information content (AvgIpc) is 2.72. The van der Waals surface area contributed by atoms with Crippen molar-refractivity contribution in [3.8, 4) is 11.6 Å². The van der Waals surface area contributed by atoms with Gasteiger partial charge >= 0.3 is 6.03 Å². The van der Waals surface area contributed by atoms with Crippen LogP contribution in [0.5, 0.6) is 11.6 Å². The Hall–Kier alpha value is -3.06. The summed E-state index contributed by atoms with van der Waals surface area (Å²) in [5.74, 6) is 0.361. The van der Waals surface area contributed by atoms with Crippen molar-refractivity contribution in [2.75, 3.05) is 6.26 Å². The first-order chi connectivity index (χ1) is 13.6. The molecule has 0 aliphatic carbocycles. The van der Waals surface area contributed by atoms with E-state index in [1.165, 1.54) is 17.0 Å². The van der Waals surface area contributed by atoms with Gasteiger partial charge in [-0.2, -0.15) is 0 Å². The highest BCUT2D eigenvalue weighted by molar-refractivity contribution is 7.98. The third-order valence-corrected chi connectivity index (χ3v) is 4.62. The van der Waals surface area contributed by atoms with E-state index in [1.54, 1.807) is 42.2 Å². The highest BCUT2D eigenvalue weighted by Crippen LogP contribution is 2.20. The van der Waals surface area contributed by atoms with Crippen LogP contribution in [0.1, 0.15) is 11.1 Å². The number of ether oxygens (including phenoxy) is 1. The zero-order valence-corrected chi connectivity index (χ0v) is 16.1. The first-order valence-electron chi connectivity index (χ1n) is 8.65. The molecule has 0 radical (unpaired) electrons. The minimum atomic E-state index is -0.371. The van der Waals surface area contributed by atoms with Gasteiger partial charge in [0.05, 0.1) is 0 Å². The number of nitrogens with zero attached hydrogens (tertiary/aromatic N) is 1. The number of rotatable bonds is 7. The fraction of sp³-hybridized carbons (Fsp3) is 0.143. The van der Waals surface area contributed by atoms with Crippen LogP contribution in [0.2, 0.25) is 0 Å². The molecule has 3 aromatic rings. The average molecular weight is 397 g/mol. The second-order valence-electron chi connectivity index (χ2n) is 5.95. The van der Waals surface area contributed by atoms with E-state index in [-0.39, 0.29) is 11.8 Å². The molecule has 0 aliphatic rings. The molecule has 1 aromatic heterocycles. The lowest BCUT2D eigenvalue weighted by atomic mass is 10.2. The highest BCUT2D eigenvalue weighted by atomic mass is 32.2. The van der Waals surface area contributed by atoms with Gasteiger partial charge in [0.25, 0.3) is 0 Å². The topological polar surface area (TPSA) is 63.2 Å². The summed E-state index contributed by atoms with van der Waals surface area (Å²) in [6.45, 7) is 0.795. The Labute approximate surface area is 167 Å². The lowest BCUT2D eigenvalue weighted by Crippen LogP contribution is -2.34. The van der Waals surface area contributed by atoms with Crippen molar-refractivity contribution < 1.29 is 13.9 Å². The van der Waals surface area contributed by atoms with Crippen LogP contribution in [0.3, 0.4) is 0 Å². The van der Waals surface area contributed by atoms with E-state index in [4.69, 9.17) is 4.74 Å². The van der Waals surface area contributed by atoms with Crippen LogP contribution < -0.4 is 15.4 Å². The van der Waals surface area contributed by atoms with Gasteiger partial charge in [0.15, 0.2) is 0 Å². The van der Waals surface area contributed by atoms with Gasteiger partial charge in [-0.15, -0.1) is 11.8 Å². The van der Waals surface area contributed by atoms with Gasteiger partial charge < -0.3 is 15.4 Å². The quantitative estimate of drug-likeness (QED) is 0.566. The van der Waals surface area contributed by atoms with Gasteiger partial charge in [-0.05, 0) is 41.6 Å². The van der Waals surface area contributed by atoms with Crippen molar-refractivity contribution in [2.45, 2.75) is 18.0 Å². The summed E-state index contributed by atoms with van der Waals surface area (Å²) in [7, 11) is 0. The van der Waals surface area contributed by atoms with Crippen LogP contribution in [0.15, 0.2) is 71.8 Å². The first-order valence-corrected chi connectivity index (χ1v) is 9.88. The fourth-order valence-electron chi connectivity index (χ4n) is 2.40. The number of nitrogens with one attached hydrogen (secondary N) is 2. The van der Waals surface area contributed by atoms with E-state index in [1.807, 2.05) is 30.5 Å². The molecule has 144 valence electrons. The number of amides is 2. The van der Waals surface area contributed by atoms with Crippen molar-refractivity contribution >= 4 is 17.8 Å². The molecule has 3 rings (SSSR count). The third kappa shape index (κ3) is 5.99. The van der Waals surface area contributed by atoms with E-state index in [9.17, 15) is 9.18 Å². The predicted octanol–water partition coefficient (Wildman–Crippen LogP) is 4.73. The molecule has 0 aliphatic heterocycles. The van der Waals surface area contributed by atoms with Crippen molar-refractivity contribution in [1.29, 1.82) is 0 Å². The van der Waals surface area contributed by atoms with Crippen LogP contribution in [0.25, 0.3) is 0 Å². The van der Waals surface area contributed by atoms with E-state index in [2.05, 4.69) is 15.6 Å². The molecule has 0 saturated carbocycles. The van der Waals surface area contributed by atoms with E-state index < -0.39 is 0 Å². The van der Waals surface area contributed by atoms with E-state index in [0.29, 0.717) is 24.7 Å². The van der Waals surface area contributed by atoms with Crippen LogP contribution in [-0.4, -0.2) is 17.3 Å². The summed E-state index contributed by atoms with van der Waals surface area (Å²) in [6, 6.07) is 17.1. The Kier molecular flexibility index (Phi) is 6.86. The van der Waals surface area contributed by atoms with Crippen LogP contribution in [0.4, 0.5) is 9.18 Å². The maximum absolute atomic E-state index is 13.2. The number of pyridine rings is 1. The number of aromatic nitrogens is 1. The number of hydrogen-bond donors (Lipinski definition) is 2. The SMILES string of the molecule is CSc1ccc(CNC(=O)NCc2ccc(Oc3cccc(F)c3)nc2)cc1. The van der Waals surface area contributed by atoms with Crippen LogP contribution in [0, 0.1) is 5.82 Å². The molecule has 0 saturated heterocycles. The van der Waals surface area contributed by atoms with Crippen molar-refractivity contribution in [1.82, 2.24) is 15.6 Å².